The van der Waals surface area contributed by atoms with Crippen LogP contribution < -0.4 is 5.56 Å². The minimum atomic E-state index is -0.378. The zero-order valence-electron chi connectivity index (χ0n) is 12.7. The van der Waals surface area contributed by atoms with Gasteiger partial charge in [0.2, 0.25) is 0 Å². The highest BCUT2D eigenvalue weighted by Gasteiger charge is 2.25. The molecule has 1 atom stereocenters. The van der Waals surface area contributed by atoms with Crippen LogP contribution in [0.25, 0.3) is 0 Å². The lowest BCUT2D eigenvalue weighted by Crippen LogP contribution is -2.40. The molecule has 1 aliphatic rings. The smallest absolute Gasteiger partial charge is 0.266 e. The molecule has 0 spiro atoms. The van der Waals surface area contributed by atoms with Gasteiger partial charge in [0.05, 0.1) is 5.56 Å². The number of rotatable bonds is 3. The first kappa shape index (κ1) is 15.7. The highest BCUT2D eigenvalue weighted by molar-refractivity contribution is 6.30. The first-order valence-corrected chi connectivity index (χ1v) is 8.07. The third-order valence-electron chi connectivity index (χ3n) is 4.16. The predicted molar refractivity (Wildman–Crippen MR) is 88.6 cm³/mol. The summed E-state index contributed by atoms with van der Waals surface area (Å²) >= 11 is 5.81. The molecule has 1 amide bonds. The average molecular weight is 332 g/mol. The van der Waals surface area contributed by atoms with Gasteiger partial charge in [0.25, 0.3) is 11.5 Å². The van der Waals surface area contributed by atoms with Crippen LogP contribution in [-0.4, -0.2) is 33.9 Å². The van der Waals surface area contributed by atoms with Gasteiger partial charge in [-0.05, 0) is 42.9 Å². The summed E-state index contributed by atoms with van der Waals surface area (Å²) in [6.45, 7) is 1.45. The molecule has 2 aromatic rings. The van der Waals surface area contributed by atoms with Gasteiger partial charge in [-0.25, -0.2) is 0 Å². The van der Waals surface area contributed by atoms with E-state index in [9.17, 15) is 9.59 Å². The number of aromatic nitrogens is 2. The Balaban J connectivity index is 1.69. The molecule has 5 nitrogen and oxygen atoms in total. The van der Waals surface area contributed by atoms with Crippen molar-refractivity contribution in [2.24, 2.45) is 5.92 Å². The summed E-state index contributed by atoms with van der Waals surface area (Å²) in [7, 11) is 0. The molecule has 3 rings (SSSR count). The highest BCUT2D eigenvalue weighted by Crippen LogP contribution is 2.22. The SMILES string of the molecule is O=C(c1c[nH]c(=O)c(Cl)c1)N1CCC[C@@H](Cc2cccnc2)C1. The van der Waals surface area contributed by atoms with Crippen LogP contribution in [0.3, 0.4) is 0 Å². The Kier molecular flexibility index (Phi) is 4.76. The van der Waals surface area contributed by atoms with Crippen molar-refractivity contribution < 1.29 is 4.79 Å². The van der Waals surface area contributed by atoms with E-state index in [4.69, 9.17) is 11.6 Å². The number of carbonyl (C=O) groups is 1. The fourth-order valence-electron chi connectivity index (χ4n) is 3.03. The molecule has 0 bridgehead atoms. The van der Waals surface area contributed by atoms with Crippen molar-refractivity contribution in [1.82, 2.24) is 14.9 Å². The van der Waals surface area contributed by atoms with Crippen LogP contribution in [0.4, 0.5) is 0 Å². The van der Waals surface area contributed by atoms with Gasteiger partial charge in [-0.15, -0.1) is 0 Å². The van der Waals surface area contributed by atoms with E-state index in [-0.39, 0.29) is 16.5 Å². The Labute approximate surface area is 139 Å². The fourth-order valence-corrected chi connectivity index (χ4v) is 3.20. The molecule has 23 heavy (non-hydrogen) atoms. The Morgan fingerprint density at radius 3 is 3.09 bits per heavy atom. The number of piperidine rings is 1. The van der Waals surface area contributed by atoms with Crippen molar-refractivity contribution in [2.45, 2.75) is 19.3 Å². The molecule has 1 aliphatic heterocycles. The van der Waals surface area contributed by atoms with Crippen LogP contribution in [0.1, 0.15) is 28.8 Å². The number of H-pyrrole nitrogens is 1. The molecule has 6 heteroatoms. The molecule has 2 aromatic heterocycles. The van der Waals surface area contributed by atoms with Crippen LogP contribution in [0.2, 0.25) is 5.02 Å². The normalized spacial score (nSPS) is 18.0. The zero-order valence-corrected chi connectivity index (χ0v) is 13.4. The number of hydrogen-bond donors (Lipinski definition) is 1. The summed E-state index contributed by atoms with van der Waals surface area (Å²) in [5, 5.41) is 0.0415. The summed E-state index contributed by atoms with van der Waals surface area (Å²) in [5.41, 5.74) is 1.24. The lowest BCUT2D eigenvalue weighted by molar-refractivity contribution is 0.0673. The average Bonchev–Trinajstić information content (AvgIpc) is 2.58. The number of amides is 1. The highest BCUT2D eigenvalue weighted by atomic mass is 35.5. The van der Waals surface area contributed by atoms with Crippen LogP contribution in [0.5, 0.6) is 0 Å². The van der Waals surface area contributed by atoms with Crippen LogP contribution in [0, 0.1) is 5.92 Å². The molecule has 0 radical (unpaired) electrons. The summed E-state index contributed by atoms with van der Waals surface area (Å²) < 4.78 is 0. The quantitative estimate of drug-likeness (QED) is 0.939. The number of hydrogen-bond acceptors (Lipinski definition) is 3. The largest absolute Gasteiger partial charge is 0.338 e. The van der Waals surface area contributed by atoms with Crippen molar-refractivity contribution >= 4 is 17.5 Å². The number of carbonyl (C=O) groups excluding carboxylic acids is 1. The van der Waals surface area contributed by atoms with Gasteiger partial charge in [0, 0.05) is 31.7 Å². The maximum Gasteiger partial charge on any atom is 0.266 e. The van der Waals surface area contributed by atoms with Crippen molar-refractivity contribution in [1.29, 1.82) is 0 Å². The number of pyridine rings is 2. The number of halogens is 1. The van der Waals surface area contributed by atoms with Gasteiger partial charge in [-0.1, -0.05) is 17.7 Å². The third kappa shape index (κ3) is 3.79. The summed E-state index contributed by atoms with van der Waals surface area (Å²) in [6, 6.07) is 5.44. The molecule has 3 heterocycles. The minimum absolute atomic E-state index is 0.0415. The van der Waals surface area contributed by atoms with Crippen LogP contribution in [0.15, 0.2) is 41.6 Å². The van der Waals surface area contributed by atoms with Crippen molar-refractivity contribution in [3.05, 3.63) is 63.3 Å². The molecule has 1 N–H and O–H groups in total. The predicted octanol–water partition coefficient (Wildman–Crippen LogP) is 2.52. The second-order valence-corrected chi connectivity index (χ2v) is 6.30. The summed E-state index contributed by atoms with van der Waals surface area (Å²) in [4.78, 5) is 32.4. The number of nitrogens with one attached hydrogen (secondary N) is 1. The van der Waals surface area contributed by atoms with Crippen LogP contribution >= 0.6 is 11.6 Å². The van der Waals surface area contributed by atoms with Gasteiger partial charge >= 0.3 is 0 Å². The number of likely N-dealkylation sites (tertiary alicyclic amines) is 1. The maximum absolute atomic E-state index is 12.6. The van der Waals surface area contributed by atoms with Crippen molar-refractivity contribution in [2.75, 3.05) is 13.1 Å². The summed E-state index contributed by atoms with van der Waals surface area (Å²) in [6.07, 6.45) is 8.08. The minimum Gasteiger partial charge on any atom is -0.338 e. The topological polar surface area (TPSA) is 66.1 Å². The fraction of sp³-hybridized carbons (Fsp3) is 0.353. The molecular weight excluding hydrogens is 314 g/mol. The maximum atomic E-state index is 12.6. The Hall–Kier alpha value is -2.14. The second-order valence-electron chi connectivity index (χ2n) is 5.89. The first-order valence-electron chi connectivity index (χ1n) is 7.70. The lowest BCUT2D eigenvalue weighted by atomic mass is 9.91. The van der Waals surface area contributed by atoms with E-state index in [0.29, 0.717) is 18.0 Å². The Morgan fingerprint density at radius 1 is 1.48 bits per heavy atom. The van der Waals surface area contributed by atoms with E-state index >= 15 is 0 Å². The lowest BCUT2D eigenvalue weighted by Gasteiger charge is -2.33. The number of aromatic amines is 1. The van der Waals surface area contributed by atoms with E-state index in [1.165, 1.54) is 17.8 Å². The van der Waals surface area contributed by atoms with Gasteiger partial charge in [-0.2, -0.15) is 0 Å². The van der Waals surface area contributed by atoms with Gasteiger partial charge in [-0.3, -0.25) is 14.6 Å². The van der Waals surface area contributed by atoms with E-state index in [2.05, 4.69) is 16.0 Å². The number of nitrogens with zero attached hydrogens (tertiary/aromatic N) is 2. The van der Waals surface area contributed by atoms with Gasteiger partial charge in [0.15, 0.2) is 0 Å². The molecular formula is C17H18ClN3O2. The first-order chi connectivity index (χ1) is 11.1. The van der Waals surface area contributed by atoms with E-state index in [1.807, 2.05) is 17.2 Å². The zero-order chi connectivity index (χ0) is 16.2. The van der Waals surface area contributed by atoms with E-state index < -0.39 is 0 Å². The molecule has 120 valence electrons. The monoisotopic (exact) mass is 331 g/mol. The van der Waals surface area contributed by atoms with Crippen molar-refractivity contribution in [3.8, 4) is 0 Å². The van der Waals surface area contributed by atoms with Crippen molar-refractivity contribution in [3.63, 3.8) is 0 Å². The van der Waals surface area contributed by atoms with Gasteiger partial charge in [0.1, 0.15) is 5.02 Å². The molecule has 1 saturated heterocycles. The standard InChI is InChI=1S/C17H18ClN3O2/c18-15-8-14(10-20-16(15)22)17(23)21-6-2-4-13(11-21)7-12-3-1-5-19-9-12/h1,3,5,8-10,13H,2,4,6-7,11H2,(H,20,22)/t13-/m0/s1. The van der Waals surface area contributed by atoms with Gasteiger partial charge < -0.3 is 9.88 Å². The Morgan fingerprint density at radius 2 is 2.35 bits per heavy atom. The molecule has 0 saturated carbocycles. The molecule has 0 unspecified atom stereocenters. The molecule has 1 fully saturated rings. The van der Waals surface area contributed by atoms with Crippen LogP contribution in [-0.2, 0) is 6.42 Å². The Bertz CT molecular complexity index is 745. The molecule has 0 aliphatic carbocycles. The summed E-state index contributed by atoms with van der Waals surface area (Å²) in [5.74, 6) is 0.342. The van der Waals surface area contributed by atoms with E-state index in [0.717, 1.165) is 25.8 Å². The second kappa shape index (κ2) is 6.96. The van der Waals surface area contributed by atoms with E-state index in [1.54, 1.807) is 6.20 Å². The molecule has 0 aromatic carbocycles. The third-order valence-corrected chi connectivity index (χ3v) is 4.44.